The number of amides is 2. The molecule has 0 aliphatic carbocycles. The normalized spacial score (nSPS) is 10.0. The molecule has 0 unspecified atom stereocenters. The maximum Gasteiger partial charge on any atom is 0.276 e. The third kappa shape index (κ3) is 7.00. The van der Waals surface area contributed by atoms with Crippen LogP contribution in [0.5, 0.6) is 17.2 Å². The molecule has 9 heteroatoms. The summed E-state index contributed by atoms with van der Waals surface area (Å²) in [6, 6.07) is 10.6. The Kier molecular flexibility index (Phi) is 8.54. The van der Waals surface area contributed by atoms with Crippen molar-refractivity contribution in [2.45, 2.75) is 13.3 Å². The first-order valence-corrected chi connectivity index (χ1v) is 9.75. The van der Waals surface area contributed by atoms with Crippen molar-refractivity contribution in [3.05, 3.63) is 58.7 Å². The van der Waals surface area contributed by atoms with E-state index in [-0.39, 0.29) is 18.9 Å². The fraction of sp³-hybridized carbons (Fsp3) is 0.238. The van der Waals surface area contributed by atoms with Gasteiger partial charge in [0, 0.05) is 11.8 Å². The van der Waals surface area contributed by atoms with E-state index in [1.807, 2.05) is 19.1 Å². The van der Waals surface area contributed by atoms with E-state index in [0.29, 0.717) is 28.6 Å². The molecule has 0 bridgehead atoms. The predicted molar refractivity (Wildman–Crippen MR) is 118 cm³/mol. The van der Waals surface area contributed by atoms with Gasteiger partial charge in [0.05, 0.1) is 30.8 Å². The number of methoxy groups -OCH3 is 2. The van der Waals surface area contributed by atoms with Gasteiger partial charge in [0.1, 0.15) is 17.2 Å². The van der Waals surface area contributed by atoms with Crippen LogP contribution in [-0.2, 0) is 9.59 Å². The molecule has 0 spiro atoms. The Morgan fingerprint density at radius 2 is 1.77 bits per heavy atom. The fourth-order valence-corrected chi connectivity index (χ4v) is 3.00. The standard InChI is InChI=1S/C21H24BrN3O5/c1-13-5-8-18(16(22)9-13)30-12-21(27)25-24-14(2)10-20(26)23-17-7-6-15(28-3)11-19(17)29-4/h5-9,11,24H,2,10,12H2,1,3-4H3,(H,23,26)(H,25,27). The number of carbonyl (C=O) groups excluding carboxylic acids is 2. The van der Waals surface area contributed by atoms with Crippen molar-refractivity contribution >= 4 is 33.4 Å². The Balaban J connectivity index is 1.77. The van der Waals surface area contributed by atoms with E-state index < -0.39 is 5.91 Å². The van der Waals surface area contributed by atoms with E-state index in [0.717, 1.165) is 10.0 Å². The minimum absolute atomic E-state index is 0.0557. The second-order valence-corrected chi connectivity index (χ2v) is 7.14. The molecule has 0 aliphatic rings. The average Bonchev–Trinajstić information content (AvgIpc) is 2.71. The van der Waals surface area contributed by atoms with Gasteiger partial charge in [-0.2, -0.15) is 0 Å². The number of hydrogen-bond acceptors (Lipinski definition) is 6. The largest absolute Gasteiger partial charge is 0.497 e. The summed E-state index contributed by atoms with van der Waals surface area (Å²) in [5.74, 6) is 0.890. The summed E-state index contributed by atoms with van der Waals surface area (Å²) in [5, 5.41) is 2.73. The first-order chi connectivity index (χ1) is 14.3. The van der Waals surface area contributed by atoms with Crippen LogP contribution in [0.2, 0.25) is 0 Å². The number of nitrogens with one attached hydrogen (secondary N) is 3. The van der Waals surface area contributed by atoms with Gasteiger partial charge >= 0.3 is 0 Å². The summed E-state index contributed by atoms with van der Waals surface area (Å²) >= 11 is 3.39. The number of anilines is 1. The molecule has 160 valence electrons. The summed E-state index contributed by atoms with van der Waals surface area (Å²) in [5.41, 5.74) is 6.93. The lowest BCUT2D eigenvalue weighted by Crippen LogP contribution is -2.40. The molecule has 2 aromatic rings. The van der Waals surface area contributed by atoms with Gasteiger partial charge in [0.2, 0.25) is 5.91 Å². The molecular weight excluding hydrogens is 454 g/mol. The van der Waals surface area contributed by atoms with E-state index in [9.17, 15) is 9.59 Å². The smallest absolute Gasteiger partial charge is 0.276 e. The molecule has 0 saturated carbocycles. The van der Waals surface area contributed by atoms with Gasteiger partial charge in [-0.1, -0.05) is 12.6 Å². The summed E-state index contributed by atoms with van der Waals surface area (Å²) in [4.78, 5) is 24.2. The van der Waals surface area contributed by atoms with E-state index in [4.69, 9.17) is 14.2 Å². The molecule has 2 aromatic carbocycles. The van der Waals surface area contributed by atoms with Crippen molar-refractivity contribution < 1.29 is 23.8 Å². The van der Waals surface area contributed by atoms with E-state index in [1.54, 1.807) is 31.4 Å². The lowest BCUT2D eigenvalue weighted by molar-refractivity contribution is -0.124. The lowest BCUT2D eigenvalue weighted by Gasteiger charge is -2.14. The van der Waals surface area contributed by atoms with Crippen molar-refractivity contribution in [3.63, 3.8) is 0 Å². The van der Waals surface area contributed by atoms with E-state index in [2.05, 4.69) is 38.7 Å². The average molecular weight is 478 g/mol. The van der Waals surface area contributed by atoms with Gasteiger partial charge in [-0.3, -0.25) is 15.0 Å². The number of halogens is 1. The second-order valence-electron chi connectivity index (χ2n) is 6.29. The fourth-order valence-electron chi connectivity index (χ4n) is 2.39. The van der Waals surface area contributed by atoms with E-state index in [1.165, 1.54) is 7.11 Å². The van der Waals surface area contributed by atoms with Crippen LogP contribution < -0.4 is 30.4 Å². The van der Waals surface area contributed by atoms with Crippen LogP contribution in [0.1, 0.15) is 12.0 Å². The molecule has 0 aliphatic heterocycles. The van der Waals surface area contributed by atoms with Crippen molar-refractivity contribution in [3.8, 4) is 17.2 Å². The molecular formula is C21H24BrN3O5. The molecule has 0 radical (unpaired) electrons. The van der Waals surface area contributed by atoms with Gasteiger partial charge in [-0.15, -0.1) is 0 Å². The number of benzene rings is 2. The van der Waals surface area contributed by atoms with Gasteiger partial charge in [-0.05, 0) is 52.7 Å². The molecule has 0 heterocycles. The number of ether oxygens (including phenoxy) is 3. The van der Waals surface area contributed by atoms with Crippen LogP contribution in [-0.4, -0.2) is 32.6 Å². The summed E-state index contributed by atoms with van der Waals surface area (Å²) < 4.78 is 16.6. The first-order valence-electron chi connectivity index (χ1n) is 8.96. The SMILES string of the molecule is C=C(CC(=O)Nc1ccc(OC)cc1OC)NNC(=O)COc1ccc(C)cc1Br. The Bertz CT molecular complexity index is 933. The lowest BCUT2D eigenvalue weighted by atomic mass is 10.2. The molecule has 0 atom stereocenters. The van der Waals surface area contributed by atoms with Crippen LogP contribution in [0, 0.1) is 6.92 Å². The van der Waals surface area contributed by atoms with Crippen LogP contribution in [0.3, 0.4) is 0 Å². The maximum atomic E-state index is 12.2. The zero-order chi connectivity index (χ0) is 22.1. The summed E-state index contributed by atoms with van der Waals surface area (Å²) in [6.07, 6.45) is -0.0557. The quantitative estimate of drug-likeness (QED) is 0.454. The molecule has 2 rings (SSSR count). The molecule has 0 fully saturated rings. The van der Waals surface area contributed by atoms with Gasteiger partial charge in [-0.25, -0.2) is 0 Å². The van der Waals surface area contributed by atoms with Crippen molar-refractivity contribution in [2.75, 3.05) is 26.1 Å². The highest BCUT2D eigenvalue weighted by molar-refractivity contribution is 9.10. The zero-order valence-corrected chi connectivity index (χ0v) is 18.6. The van der Waals surface area contributed by atoms with Crippen LogP contribution >= 0.6 is 15.9 Å². The number of rotatable bonds is 10. The summed E-state index contributed by atoms with van der Waals surface area (Å²) in [7, 11) is 3.04. The Hall–Kier alpha value is -3.20. The van der Waals surface area contributed by atoms with Crippen molar-refractivity contribution in [2.24, 2.45) is 0 Å². The van der Waals surface area contributed by atoms with Gasteiger partial charge in [0.25, 0.3) is 5.91 Å². The highest BCUT2D eigenvalue weighted by atomic mass is 79.9. The van der Waals surface area contributed by atoms with Gasteiger partial charge in [0.15, 0.2) is 6.61 Å². The van der Waals surface area contributed by atoms with Crippen molar-refractivity contribution in [1.82, 2.24) is 10.9 Å². The highest BCUT2D eigenvalue weighted by Crippen LogP contribution is 2.29. The number of hydrazine groups is 1. The third-order valence-corrected chi connectivity index (χ3v) is 4.50. The molecule has 0 aromatic heterocycles. The van der Waals surface area contributed by atoms with Crippen LogP contribution in [0.4, 0.5) is 5.69 Å². The van der Waals surface area contributed by atoms with Gasteiger partial charge < -0.3 is 25.0 Å². The van der Waals surface area contributed by atoms with Crippen LogP contribution in [0.25, 0.3) is 0 Å². The molecule has 3 N–H and O–H groups in total. The molecule has 30 heavy (non-hydrogen) atoms. The number of carbonyl (C=O) groups is 2. The zero-order valence-electron chi connectivity index (χ0n) is 17.0. The Morgan fingerprint density at radius 1 is 1.00 bits per heavy atom. The van der Waals surface area contributed by atoms with E-state index >= 15 is 0 Å². The Morgan fingerprint density at radius 3 is 2.43 bits per heavy atom. The van der Waals surface area contributed by atoms with Crippen LogP contribution in [0.15, 0.2) is 53.1 Å². The predicted octanol–water partition coefficient (Wildman–Crippen LogP) is 3.32. The number of aryl methyl sites for hydroxylation is 1. The molecule has 2 amide bonds. The highest BCUT2D eigenvalue weighted by Gasteiger charge is 2.11. The minimum Gasteiger partial charge on any atom is -0.497 e. The topological polar surface area (TPSA) is 97.9 Å². The third-order valence-electron chi connectivity index (χ3n) is 3.88. The molecule has 8 nitrogen and oxygen atoms in total. The minimum atomic E-state index is -0.416. The molecule has 0 saturated heterocycles. The second kappa shape index (κ2) is 11.1. The maximum absolute atomic E-state index is 12.2. The van der Waals surface area contributed by atoms with Crippen molar-refractivity contribution in [1.29, 1.82) is 0 Å². The first kappa shape index (κ1) is 23.1. The Labute approximate surface area is 183 Å². The summed E-state index contributed by atoms with van der Waals surface area (Å²) in [6.45, 7) is 5.49. The number of hydrogen-bond donors (Lipinski definition) is 3. The monoisotopic (exact) mass is 477 g/mol.